The Bertz CT molecular complexity index is 489. The Balaban J connectivity index is 2.95. The highest BCUT2D eigenvalue weighted by atomic mass is 32.2. The molecule has 1 atom stereocenters. The van der Waals surface area contributed by atoms with E-state index in [9.17, 15) is 8.42 Å². The monoisotopic (exact) mass is 240 g/mol. The Labute approximate surface area is 94.2 Å². The molecule has 0 aliphatic heterocycles. The minimum Gasteiger partial charge on any atom is -0.329 e. The van der Waals surface area contributed by atoms with Crippen LogP contribution in [0.5, 0.6) is 0 Å². The van der Waals surface area contributed by atoms with Crippen LogP contribution in [-0.2, 0) is 10.0 Å². The number of nitrogens with one attached hydrogen (secondary N) is 1. The third-order valence-electron chi connectivity index (χ3n) is 1.87. The second-order valence-electron chi connectivity index (χ2n) is 3.25. The Morgan fingerprint density at radius 1 is 1.62 bits per heavy atom. The van der Waals surface area contributed by atoms with Crippen molar-refractivity contribution in [2.24, 2.45) is 5.73 Å². The van der Waals surface area contributed by atoms with Crippen molar-refractivity contribution < 1.29 is 8.42 Å². The van der Waals surface area contributed by atoms with Gasteiger partial charge in [-0.25, -0.2) is 18.1 Å². The standard InChI is InChI=1S/C9H12N4O2S/c1-7(4-10)13-16(14,15)9-3-2-8(5-11)12-6-9/h2-3,6-7,13H,4,10H2,1H3/t7-/m1/s1. The van der Waals surface area contributed by atoms with Gasteiger partial charge in [-0.05, 0) is 19.1 Å². The Kier molecular flexibility index (Phi) is 3.95. The molecule has 3 N–H and O–H groups in total. The smallest absolute Gasteiger partial charge is 0.242 e. The maximum absolute atomic E-state index is 11.7. The lowest BCUT2D eigenvalue weighted by atomic mass is 10.4. The largest absolute Gasteiger partial charge is 0.329 e. The average Bonchev–Trinajstić information content (AvgIpc) is 2.28. The van der Waals surface area contributed by atoms with Crippen LogP contribution in [-0.4, -0.2) is 26.0 Å². The van der Waals surface area contributed by atoms with E-state index < -0.39 is 10.0 Å². The quantitative estimate of drug-likeness (QED) is 0.742. The van der Waals surface area contributed by atoms with Crippen molar-refractivity contribution in [1.82, 2.24) is 9.71 Å². The normalized spacial score (nSPS) is 13.1. The molecular formula is C9H12N4O2S. The van der Waals surface area contributed by atoms with Gasteiger partial charge < -0.3 is 5.73 Å². The summed E-state index contributed by atoms with van der Waals surface area (Å²) in [5.74, 6) is 0. The maximum Gasteiger partial charge on any atom is 0.242 e. The first-order chi connectivity index (χ1) is 7.49. The zero-order valence-electron chi connectivity index (χ0n) is 8.71. The first-order valence-corrected chi connectivity index (χ1v) is 6.06. The summed E-state index contributed by atoms with van der Waals surface area (Å²) in [5, 5.41) is 8.52. The molecule has 0 amide bonds. The number of nitriles is 1. The molecule has 1 aromatic heterocycles. The van der Waals surface area contributed by atoms with Crippen LogP contribution in [0.2, 0.25) is 0 Å². The van der Waals surface area contributed by atoms with Crippen molar-refractivity contribution in [3.63, 3.8) is 0 Å². The Hall–Kier alpha value is -1.49. The molecule has 0 saturated heterocycles. The zero-order chi connectivity index (χ0) is 12.2. The van der Waals surface area contributed by atoms with E-state index in [1.54, 1.807) is 6.92 Å². The number of hydrogen-bond acceptors (Lipinski definition) is 5. The topological polar surface area (TPSA) is 109 Å². The second-order valence-corrected chi connectivity index (χ2v) is 4.96. The molecule has 0 saturated carbocycles. The molecule has 16 heavy (non-hydrogen) atoms. The lowest BCUT2D eigenvalue weighted by molar-refractivity contribution is 0.562. The van der Waals surface area contributed by atoms with Gasteiger partial charge >= 0.3 is 0 Å². The predicted molar refractivity (Wildman–Crippen MR) is 57.8 cm³/mol. The number of nitrogens with two attached hydrogens (primary N) is 1. The molecule has 6 nitrogen and oxygen atoms in total. The molecule has 0 radical (unpaired) electrons. The highest BCUT2D eigenvalue weighted by Gasteiger charge is 2.16. The van der Waals surface area contributed by atoms with Gasteiger partial charge in [-0.1, -0.05) is 0 Å². The summed E-state index contributed by atoms with van der Waals surface area (Å²) in [5.41, 5.74) is 5.49. The van der Waals surface area contributed by atoms with Crippen molar-refractivity contribution in [2.45, 2.75) is 17.9 Å². The van der Waals surface area contributed by atoms with Crippen molar-refractivity contribution in [1.29, 1.82) is 5.26 Å². The van der Waals surface area contributed by atoms with E-state index in [0.29, 0.717) is 0 Å². The number of hydrogen-bond donors (Lipinski definition) is 2. The lowest BCUT2D eigenvalue weighted by Crippen LogP contribution is -2.37. The highest BCUT2D eigenvalue weighted by Crippen LogP contribution is 2.07. The van der Waals surface area contributed by atoms with Crippen LogP contribution in [0.1, 0.15) is 12.6 Å². The van der Waals surface area contributed by atoms with E-state index in [1.165, 1.54) is 12.1 Å². The Morgan fingerprint density at radius 2 is 2.31 bits per heavy atom. The van der Waals surface area contributed by atoms with Gasteiger partial charge in [0.1, 0.15) is 16.7 Å². The molecule has 0 fully saturated rings. The molecule has 86 valence electrons. The van der Waals surface area contributed by atoms with Crippen LogP contribution in [0.3, 0.4) is 0 Å². The SMILES string of the molecule is C[C@H](CN)NS(=O)(=O)c1ccc(C#N)nc1. The van der Waals surface area contributed by atoms with E-state index in [2.05, 4.69) is 9.71 Å². The number of aromatic nitrogens is 1. The molecule has 0 aromatic carbocycles. The average molecular weight is 240 g/mol. The summed E-state index contributed by atoms with van der Waals surface area (Å²) in [6.07, 6.45) is 1.14. The van der Waals surface area contributed by atoms with Gasteiger partial charge in [-0.2, -0.15) is 5.26 Å². The molecule has 1 rings (SSSR count). The van der Waals surface area contributed by atoms with Crippen LogP contribution in [0.4, 0.5) is 0 Å². The summed E-state index contributed by atoms with van der Waals surface area (Å²) in [4.78, 5) is 3.71. The van der Waals surface area contributed by atoms with Crippen LogP contribution >= 0.6 is 0 Å². The van der Waals surface area contributed by atoms with E-state index in [0.717, 1.165) is 6.20 Å². The van der Waals surface area contributed by atoms with Gasteiger partial charge in [0.2, 0.25) is 10.0 Å². The van der Waals surface area contributed by atoms with Gasteiger partial charge in [0, 0.05) is 18.8 Å². The summed E-state index contributed by atoms with van der Waals surface area (Å²) in [6, 6.07) is 4.14. The summed E-state index contributed by atoms with van der Waals surface area (Å²) < 4.78 is 25.8. The molecule has 0 bridgehead atoms. The van der Waals surface area contributed by atoms with Crippen LogP contribution in [0, 0.1) is 11.3 Å². The lowest BCUT2D eigenvalue weighted by Gasteiger charge is -2.11. The van der Waals surface area contributed by atoms with Crippen molar-refractivity contribution >= 4 is 10.0 Å². The fourth-order valence-electron chi connectivity index (χ4n) is 0.986. The zero-order valence-corrected chi connectivity index (χ0v) is 9.53. The van der Waals surface area contributed by atoms with Gasteiger partial charge in [0.05, 0.1) is 0 Å². The third kappa shape index (κ3) is 3.00. The molecule has 0 aliphatic rings. The predicted octanol–water partition coefficient (Wildman–Crippen LogP) is -0.421. The van der Waals surface area contributed by atoms with Crippen molar-refractivity contribution in [2.75, 3.05) is 6.54 Å². The first kappa shape index (κ1) is 12.6. The summed E-state index contributed by atoms with van der Waals surface area (Å²) in [6.45, 7) is 1.87. The molecule has 1 heterocycles. The Morgan fingerprint density at radius 3 is 2.75 bits per heavy atom. The van der Waals surface area contributed by atoms with Gasteiger partial charge in [0.25, 0.3) is 0 Å². The minimum absolute atomic E-state index is 0.0202. The maximum atomic E-state index is 11.7. The van der Waals surface area contributed by atoms with E-state index in [-0.39, 0.29) is 23.2 Å². The number of pyridine rings is 1. The molecule has 7 heteroatoms. The van der Waals surface area contributed by atoms with Crippen LogP contribution in [0.15, 0.2) is 23.2 Å². The molecule has 1 aromatic rings. The number of sulfonamides is 1. The number of nitrogens with zero attached hydrogens (tertiary/aromatic N) is 2. The molecule has 0 aliphatic carbocycles. The van der Waals surface area contributed by atoms with E-state index >= 15 is 0 Å². The minimum atomic E-state index is -3.60. The van der Waals surface area contributed by atoms with Gasteiger partial charge in [0.15, 0.2) is 0 Å². The van der Waals surface area contributed by atoms with Crippen molar-refractivity contribution in [3.8, 4) is 6.07 Å². The second kappa shape index (κ2) is 5.03. The van der Waals surface area contributed by atoms with Crippen molar-refractivity contribution in [3.05, 3.63) is 24.0 Å². The molecular weight excluding hydrogens is 228 g/mol. The van der Waals surface area contributed by atoms with Gasteiger partial charge in [-0.3, -0.25) is 0 Å². The van der Waals surface area contributed by atoms with E-state index in [4.69, 9.17) is 11.0 Å². The fourth-order valence-corrected chi connectivity index (χ4v) is 2.19. The fraction of sp³-hybridized carbons (Fsp3) is 0.333. The highest BCUT2D eigenvalue weighted by molar-refractivity contribution is 7.89. The first-order valence-electron chi connectivity index (χ1n) is 4.58. The van der Waals surface area contributed by atoms with Crippen LogP contribution in [0.25, 0.3) is 0 Å². The number of rotatable bonds is 4. The molecule has 0 unspecified atom stereocenters. The summed E-state index contributed by atoms with van der Waals surface area (Å²) >= 11 is 0. The van der Waals surface area contributed by atoms with E-state index in [1.807, 2.05) is 6.07 Å². The third-order valence-corrected chi connectivity index (χ3v) is 3.45. The molecule has 0 spiro atoms. The summed E-state index contributed by atoms with van der Waals surface area (Å²) in [7, 11) is -3.60. The van der Waals surface area contributed by atoms with Gasteiger partial charge in [-0.15, -0.1) is 0 Å². The van der Waals surface area contributed by atoms with Crippen LogP contribution < -0.4 is 10.5 Å².